The monoisotopic (exact) mass is 236 g/mol. The largest absolute Gasteiger partial charge is 0.389 e. The quantitative estimate of drug-likeness (QED) is 0.868. The summed E-state index contributed by atoms with van der Waals surface area (Å²) in [6, 6.07) is 3.91. The molecule has 4 heteroatoms. The van der Waals surface area contributed by atoms with E-state index in [4.69, 9.17) is 4.74 Å². The van der Waals surface area contributed by atoms with Gasteiger partial charge in [0.05, 0.1) is 18.8 Å². The van der Waals surface area contributed by atoms with Crippen molar-refractivity contribution in [1.29, 1.82) is 0 Å². The Morgan fingerprint density at radius 1 is 1.59 bits per heavy atom. The number of pyridine rings is 1. The van der Waals surface area contributed by atoms with E-state index in [1.165, 1.54) is 0 Å². The Morgan fingerprint density at radius 2 is 2.41 bits per heavy atom. The van der Waals surface area contributed by atoms with Crippen molar-refractivity contribution in [2.75, 3.05) is 24.6 Å². The lowest BCUT2D eigenvalue weighted by Gasteiger charge is -2.33. The van der Waals surface area contributed by atoms with Crippen molar-refractivity contribution in [3.63, 3.8) is 0 Å². The minimum Gasteiger partial charge on any atom is -0.389 e. The predicted octanol–water partition coefficient (Wildman–Crippen LogP) is 1.75. The fourth-order valence-corrected chi connectivity index (χ4v) is 2.01. The van der Waals surface area contributed by atoms with E-state index in [-0.39, 0.29) is 0 Å². The minimum absolute atomic E-state index is 0.307. The maximum atomic E-state index is 9.43. The van der Waals surface area contributed by atoms with Crippen LogP contribution in [-0.2, 0) is 4.74 Å². The van der Waals surface area contributed by atoms with Crippen LogP contribution in [0, 0.1) is 0 Å². The molecule has 0 amide bonds. The third kappa shape index (κ3) is 2.96. The Hall–Kier alpha value is -1.13. The van der Waals surface area contributed by atoms with E-state index in [9.17, 15) is 5.11 Å². The lowest BCUT2D eigenvalue weighted by Crippen LogP contribution is -2.42. The molecular formula is C13H20N2O2. The second-order valence-corrected chi connectivity index (χ2v) is 4.47. The molecule has 1 N–H and O–H groups in total. The standard InChI is InChI=1S/C13H20N2O2/c1-3-12-9-15(6-7-17-12)13-5-4-11(8-14-13)10(2)16/h4-5,8,10,12,16H,3,6-7,9H2,1-2H3. The predicted molar refractivity (Wildman–Crippen MR) is 67.1 cm³/mol. The van der Waals surface area contributed by atoms with E-state index in [0.717, 1.165) is 37.5 Å². The zero-order chi connectivity index (χ0) is 12.3. The SMILES string of the molecule is CCC1CN(c2ccc(C(C)O)cn2)CCO1. The number of anilines is 1. The van der Waals surface area contributed by atoms with Crippen LogP contribution in [0.1, 0.15) is 31.9 Å². The Bertz CT molecular complexity index is 351. The summed E-state index contributed by atoms with van der Waals surface area (Å²) in [6.07, 6.45) is 2.63. The highest BCUT2D eigenvalue weighted by molar-refractivity contribution is 5.40. The number of morpholine rings is 1. The fourth-order valence-electron chi connectivity index (χ4n) is 2.01. The molecule has 1 saturated heterocycles. The number of hydrogen-bond donors (Lipinski definition) is 1. The fraction of sp³-hybridized carbons (Fsp3) is 0.615. The van der Waals surface area contributed by atoms with Crippen LogP contribution in [0.2, 0.25) is 0 Å². The average molecular weight is 236 g/mol. The number of nitrogens with zero attached hydrogens (tertiary/aromatic N) is 2. The first kappa shape index (κ1) is 12.3. The summed E-state index contributed by atoms with van der Waals surface area (Å²) >= 11 is 0. The molecule has 0 radical (unpaired) electrons. The van der Waals surface area contributed by atoms with Crippen molar-refractivity contribution in [2.24, 2.45) is 0 Å². The second-order valence-electron chi connectivity index (χ2n) is 4.47. The van der Waals surface area contributed by atoms with Crippen LogP contribution < -0.4 is 4.90 Å². The Kier molecular flexibility index (Phi) is 3.97. The van der Waals surface area contributed by atoms with Gasteiger partial charge in [0.1, 0.15) is 5.82 Å². The van der Waals surface area contributed by atoms with E-state index in [0.29, 0.717) is 6.10 Å². The van der Waals surface area contributed by atoms with Crippen molar-refractivity contribution < 1.29 is 9.84 Å². The van der Waals surface area contributed by atoms with Gasteiger partial charge in [-0.25, -0.2) is 4.98 Å². The normalized spacial score (nSPS) is 22.5. The average Bonchev–Trinajstić information content (AvgIpc) is 2.39. The van der Waals surface area contributed by atoms with Crippen molar-refractivity contribution in [2.45, 2.75) is 32.5 Å². The highest BCUT2D eigenvalue weighted by Gasteiger charge is 2.19. The van der Waals surface area contributed by atoms with Crippen LogP contribution in [-0.4, -0.2) is 35.9 Å². The maximum absolute atomic E-state index is 9.43. The van der Waals surface area contributed by atoms with Gasteiger partial charge in [-0.2, -0.15) is 0 Å². The molecule has 0 aromatic carbocycles. The summed E-state index contributed by atoms with van der Waals surface area (Å²) in [6.45, 7) is 6.43. The van der Waals surface area contributed by atoms with E-state index in [1.807, 2.05) is 12.1 Å². The first-order chi connectivity index (χ1) is 8.20. The molecule has 1 aliphatic rings. The Labute approximate surface area is 102 Å². The van der Waals surface area contributed by atoms with Crippen LogP contribution in [0.15, 0.2) is 18.3 Å². The summed E-state index contributed by atoms with van der Waals surface area (Å²) in [5.41, 5.74) is 0.856. The van der Waals surface area contributed by atoms with Gasteiger partial charge in [-0.3, -0.25) is 0 Å². The highest BCUT2D eigenvalue weighted by atomic mass is 16.5. The third-order valence-electron chi connectivity index (χ3n) is 3.17. The number of aromatic nitrogens is 1. The topological polar surface area (TPSA) is 45.6 Å². The van der Waals surface area contributed by atoms with Crippen LogP contribution >= 0.6 is 0 Å². The van der Waals surface area contributed by atoms with Gasteiger partial charge in [-0.15, -0.1) is 0 Å². The molecule has 1 aromatic rings. The van der Waals surface area contributed by atoms with Gasteiger partial charge in [-0.1, -0.05) is 13.0 Å². The lowest BCUT2D eigenvalue weighted by molar-refractivity contribution is 0.0381. The summed E-state index contributed by atoms with van der Waals surface area (Å²) in [7, 11) is 0. The third-order valence-corrected chi connectivity index (χ3v) is 3.17. The molecule has 1 fully saturated rings. The van der Waals surface area contributed by atoms with E-state index >= 15 is 0 Å². The molecule has 4 nitrogen and oxygen atoms in total. The first-order valence-electron chi connectivity index (χ1n) is 6.21. The number of aliphatic hydroxyl groups excluding tert-OH is 1. The number of hydrogen-bond acceptors (Lipinski definition) is 4. The van der Waals surface area contributed by atoms with Gasteiger partial charge in [0.2, 0.25) is 0 Å². The van der Waals surface area contributed by atoms with Crippen molar-refractivity contribution >= 4 is 5.82 Å². The van der Waals surface area contributed by atoms with Gasteiger partial charge in [-0.05, 0) is 25.0 Å². The van der Waals surface area contributed by atoms with Crippen LogP contribution in [0.4, 0.5) is 5.82 Å². The van der Waals surface area contributed by atoms with E-state index < -0.39 is 6.10 Å². The van der Waals surface area contributed by atoms with Crippen molar-refractivity contribution in [3.8, 4) is 0 Å². The molecule has 17 heavy (non-hydrogen) atoms. The molecule has 2 rings (SSSR count). The molecule has 0 bridgehead atoms. The number of aliphatic hydroxyl groups is 1. The summed E-state index contributed by atoms with van der Waals surface area (Å²) in [5.74, 6) is 0.969. The molecule has 2 atom stereocenters. The maximum Gasteiger partial charge on any atom is 0.128 e. The van der Waals surface area contributed by atoms with Crippen molar-refractivity contribution in [1.82, 2.24) is 4.98 Å². The van der Waals surface area contributed by atoms with Gasteiger partial charge in [0.25, 0.3) is 0 Å². The molecule has 1 aliphatic heterocycles. The van der Waals surface area contributed by atoms with Gasteiger partial charge in [0, 0.05) is 19.3 Å². The second kappa shape index (κ2) is 5.47. The Balaban J connectivity index is 2.06. The molecule has 2 heterocycles. The first-order valence-corrected chi connectivity index (χ1v) is 6.21. The number of ether oxygens (including phenoxy) is 1. The zero-order valence-corrected chi connectivity index (χ0v) is 10.5. The smallest absolute Gasteiger partial charge is 0.128 e. The van der Waals surface area contributed by atoms with Crippen LogP contribution in [0.25, 0.3) is 0 Å². The van der Waals surface area contributed by atoms with E-state index in [1.54, 1.807) is 13.1 Å². The molecular weight excluding hydrogens is 216 g/mol. The minimum atomic E-state index is -0.454. The van der Waals surface area contributed by atoms with Gasteiger partial charge < -0.3 is 14.7 Å². The number of rotatable bonds is 3. The zero-order valence-electron chi connectivity index (χ0n) is 10.5. The molecule has 0 saturated carbocycles. The summed E-state index contributed by atoms with van der Waals surface area (Å²) < 4.78 is 5.63. The molecule has 0 spiro atoms. The molecule has 0 aliphatic carbocycles. The lowest BCUT2D eigenvalue weighted by atomic mass is 10.2. The Morgan fingerprint density at radius 3 is 3.00 bits per heavy atom. The van der Waals surface area contributed by atoms with Gasteiger partial charge in [0.15, 0.2) is 0 Å². The van der Waals surface area contributed by atoms with Gasteiger partial charge >= 0.3 is 0 Å². The van der Waals surface area contributed by atoms with Crippen LogP contribution in [0.3, 0.4) is 0 Å². The highest BCUT2D eigenvalue weighted by Crippen LogP contribution is 2.18. The van der Waals surface area contributed by atoms with Crippen molar-refractivity contribution in [3.05, 3.63) is 23.9 Å². The molecule has 1 aromatic heterocycles. The van der Waals surface area contributed by atoms with E-state index in [2.05, 4.69) is 16.8 Å². The van der Waals surface area contributed by atoms with Crippen LogP contribution in [0.5, 0.6) is 0 Å². The summed E-state index contributed by atoms with van der Waals surface area (Å²) in [4.78, 5) is 6.64. The molecule has 2 unspecified atom stereocenters. The summed E-state index contributed by atoms with van der Waals surface area (Å²) in [5, 5.41) is 9.43. The molecule has 94 valence electrons.